The Kier molecular flexibility index (Phi) is 6.90. The molecule has 0 atom stereocenters. The minimum Gasteiger partial charge on any atom is -0.449 e. The number of alkyl carbamates (subject to hydrolysis) is 1. The van der Waals surface area contributed by atoms with Crippen LogP contribution in [0.3, 0.4) is 0 Å². The van der Waals surface area contributed by atoms with Gasteiger partial charge in [-0.15, -0.1) is 0 Å². The fourth-order valence-corrected chi connectivity index (χ4v) is 4.37. The molecule has 4 heteroatoms. The second-order valence-electron chi connectivity index (χ2n) is 7.87. The molecular weight excluding hydrogens is 396 g/mol. The highest BCUT2D eigenvalue weighted by atomic mass is 16.5. The van der Waals surface area contributed by atoms with E-state index < -0.39 is 6.09 Å². The molecule has 1 amide bonds. The maximum Gasteiger partial charge on any atom is 0.407 e. The van der Waals surface area contributed by atoms with Gasteiger partial charge in [0, 0.05) is 31.2 Å². The number of rotatable bonds is 8. The van der Waals surface area contributed by atoms with Crippen LogP contribution in [0.5, 0.6) is 0 Å². The van der Waals surface area contributed by atoms with Gasteiger partial charge in [0.1, 0.15) is 6.61 Å². The third-order valence-corrected chi connectivity index (χ3v) is 6.04. The lowest BCUT2D eigenvalue weighted by atomic mass is 9.98. The summed E-state index contributed by atoms with van der Waals surface area (Å²) in [5.41, 5.74) is 7.22. The van der Waals surface area contributed by atoms with Crippen molar-refractivity contribution in [2.75, 3.05) is 31.1 Å². The van der Waals surface area contributed by atoms with Crippen molar-refractivity contribution in [3.05, 3.63) is 95.6 Å². The van der Waals surface area contributed by atoms with Gasteiger partial charge in [0.2, 0.25) is 0 Å². The van der Waals surface area contributed by atoms with Gasteiger partial charge in [0.15, 0.2) is 0 Å². The van der Waals surface area contributed by atoms with E-state index in [0.29, 0.717) is 13.2 Å². The number of amides is 1. The molecule has 0 aliphatic heterocycles. The molecule has 1 aliphatic rings. The fourth-order valence-electron chi connectivity index (χ4n) is 4.37. The lowest BCUT2D eigenvalue weighted by Gasteiger charge is -2.20. The predicted molar refractivity (Wildman–Crippen MR) is 132 cm³/mol. The Bertz CT molecular complexity index is 1040. The van der Waals surface area contributed by atoms with E-state index in [0.717, 1.165) is 18.7 Å². The van der Waals surface area contributed by atoms with E-state index in [1.54, 1.807) is 0 Å². The number of hydrogen-bond acceptors (Lipinski definition) is 3. The zero-order valence-electron chi connectivity index (χ0n) is 18.8. The Balaban J connectivity index is 1.28. The quantitative estimate of drug-likeness (QED) is 0.474. The number of fused-ring (bicyclic) bond motifs is 3. The van der Waals surface area contributed by atoms with Crippen molar-refractivity contribution >= 4 is 17.9 Å². The van der Waals surface area contributed by atoms with Gasteiger partial charge >= 0.3 is 6.09 Å². The normalized spacial score (nSPS) is 12.4. The molecule has 164 valence electrons. The predicted octanol–water partition coefficient (Wildman–Crippen LogP) is 6.08. The summed E-state index contributed by atoms with van der Waals surface area (Å²) in [5.74, 6) is 0.0769. The van der Waals surface area contributed by atoms with Crippen molar-refractivity contribution in [3.63, 3.8) is 0 Å². The molecule has 0 saturated carbocycles. The standard InChI is InChI=1S/C28H30N2O2/c1-3-30(4-2)22-17-15-21(16-18-22)10-9-19-29-28(31)32-20-27-25-13-7-5-11-23(25)24-12-6-8-14-26(24)27/h5-18,27H,3-4,19-20H2,1-2H3,(H,29,31). The molecule has 32 heavy (non-hydrogen) atoms. The molecule has 4 rings (SSSR count). The van der Waals surface area contributed by atoms with Crippen molar-refractivity contribution in [1.29, 1.82) is 0 Å². The monoisotopic (exact) mass is 426 g/mol. The average Bonchev–Trinajstić information content (AvgIpc) is 3.16. The van der Waals surface area contributed by atoms with E-state index in [1.807, 2.05) is 24.3 Å². The van der Waals surface area contributed by atoms with Crippen molar-refractivity contribution < 1.29 is 9.53 Å². The van der Waals surface area contributed by atoms with Gasteiger partial charge in [-0.25, -0.2) is 4.79 Å². The van der Waals surface area contributed by atoms with Gasteiger partial charge in [-0.05, 0) is 53.8 Å². The summed E-state index contributed by atoms with van der Waals surface area (Å²) in [6, 6.07) is 25.1. The van der Waals surface area contributed by atoms with Crippen molar-refractivity contribution in [3.8, 4) is 11.1 Å². The summed E-state index contributed by atoms with van der Waals surface area (Å²) in [4.78, 5) is 14.6. The summed E-state index contributed by atoms with van der Waals surface area (Å²) < 4.78 is 5.57. The Morgan fingerprint density at radius 2 is 1.50 bits per heavy atom. The third kappa shape index (κ3) is 4.70. The Hall–Kier alpha value is -3.53. The third-order valence-electron chi connectivity index (χ3n) is 6.04. The molecule has 0 radical (unpaired) electrons. The van der Waals surface area contributed by atoms with Gasteiger partial charge in [-0.1, -0.05) is 72.8 Å². The van der Waals surface area contributed by atoms with Crippen LogP contribution in [0.4, 0.5) is 10.5 Å². The fraction of sp³-hybridized carbons (Fsp3) is 0.250. The Morgan fingerprint density at radius 3 is 2.09 bits per heavy atom. The molecule has 0 spiro atoms. The van der Waals surface area contributed by atoms with Gasteiger partial charge in [-0.3, -0.25) is 0 Å². The van der Waals surface area contributed by atoms with E-state index >= 15 is 0 Å². The molecule has 3 aromatic rings. The van der Waals surface area contributed by atoms with E-state index in [4.69, 9.17) is 4.74 Å². The zero-order chi connectivity index (χ0) is 22.3. The number of nitrogens with zero attached hydrogens (tertiary/aromatic N) is 1. The maximum atomic E-state index is 12.2. The Morgan fingerprint density at radius 1 is 0.906 bits per heavy atom. The van der Waals surface area contributed by atoms with E-state index in [9.17, 15) is 4.79 Å². The van der Waals surface area contributed by atoms with Crippen LogP contribution in [0.1, 0.15) is 36.5 Å². The maximum absolute atomic E-state index is 12.2. The van der Waals surface area contributed by atoms with Crippen LogP contribution in [0.15, 0.2) is 78.9 Å². The van der Waals surface area contributed by atoms with E-state index in [1.165, 1.54) is 27.9 Å². The lowest BCUT2D eigenvalue weighted by Crippen LogP contribution is -2.26. The second kappa shape index (κ2) is 10.2. The van der Waals surface area contributed by atoms with Crippen LogP contribution in [0, 0.1) is 0 Å². The number of carbonyl (C=O) groups excluding carboxylic acids is 1. The number of carbonyl (C=O) groups is 1. The largest absolute Gasteiger partial charge is 0.449 e. The highest BCUT2D eigenvalue weighted by molar-refractivity contribution is 5.79. The number of ether oxygens (including phenoxy) is 1. The zero-order valence-corrected chi connectivity index (χ0v) is 18.8. The highest BCUT2D eigenvalue weighted by Crippen LogP contribution is 2.44. The van der Waals surface area contributed by atoms with Crippen LogP contribution in [-0.4, -0.2) is 32.3 Å². The molecule has 0 fully saturated rings. The van der Waals surface area contributed by atoms with Crippen LogP contribution >= 0.6 is 0 Å². The lowest BCUT2D eigenvalue weighted by molar-refractivity contribution is 0.144. The summed E-state index contributed by atoms with van der Waals surface area (Å²) in [6.07, 6.45) is 3.55. The topological polar surface area (TPSA) is 41.6 Å². The molecule has 0 aromatic heterocycles. The Labute approximate surface area is 190 Å². The number of benzene rings is 3. The van der Waals surface area contributed by atoms with Crippen LogP contribution in [0.2, 0.25) is 0 Å². The summed E-state index contributed by atoms with van der Waals surface area (Å²) in [7, 11) is 0. The van der Waals surface area contributed by atoms with Gasteiger partial charge in [-0.2, -0.15) is 0 Å². The van der Waals surface area contributed by atoms with Crippen LogP contribution < -0.4 is 10.2 Å². The molecular formula is C28H30N2O2. The molecule has 1 aliphatic carbocycles. The summed E-state index contributed by atoms with van der Waals surface area (Å²) in [6.45, 7) is 7.06. The van der Waals surface area contributed by atoms with Gasteiger partial charge in [0.25, 0.3) is 0 Å². The SMILES string of the molecule is CCN(CC)c1ccc(C=CCNC(=O)OCC2c3ccccc3-c3ccccc32)cc1. The molecule has 3 aromatic carbocycles. The first-order chi connectivity index (χ1) is 15.7. The van der Waals surface area contributed by atoms with Crippen LogP contribution in [-0.2, 0) is 4.74 Å². The van der Waals surface area contributed by atoms with Crippen molar-refractivity contribution in [1.82, 2.24) is 5.32 Å². The van der Waals surface area contributed by atoms with Gasteiger partial charge < -0.3 is 15.0 Å². The molecule has 0 heterocycles. The van der Waals surface area contributed by atoms with Crippen molar-refractivity contribution in [2.24, 2.45) is 0 Å². The second-order valence-corrected chi connectivity index (χ2v) is 7.87. The highest BCUT2D eigenvalue weighted by Gasteiger charge is 2.28. The van der Waals surface area contributed by atoms with E-state index in [-0.39, 0.29) is 5.92 Å². The molecule has 0 unspecified atom stereocenters. The minimum atomic E-state index is -0.395. The van der Waals surface area contributed by atoms with Gasteiger partial charge in [0.05, 0.1) is 0 Å². The average molecular weight is 427 g/mol. The molecule has 4 nitrogen and oxygen atoms in total. The first-order valence-electron chi connectivity index (χ1n) is 11.3. The van der Waals surface area contributed by atoms with Crippen molar-refractivity contribution in [2.45, 2.75) is 19.8 Å². The number of anilines is 1. The van der Waals surface area contributed by atoms with E-state index in [2.05, 4.69) is 84.7 Å². The number of nitrogens with one attached hydrogen (secondary N) is 1. The summed E-state index contributed by atoms with van der Waals surface area (Å²) >= 11 is 0. The summed E-state index contributed by atoms with van der Waals surface area (Å²) in [5, 5.41) is 2.82. The molecule has 0 saturated heterocycles. The van der Waals surface area contributed by atoms with Crippen LogP contribution in [0.25, 0.3) is 17.2 Å². The molecule has 0 bridgehead atoms. The first kappa shape index (κ1) is 21.7. The first-order valence-corrected chi connectivity index (χ1v) is 11.3. The molecule has 1 N–H and O–H groups in total. The number of hydrogen-bond donors (Lipinski definition) is 1. The minimum absolute atomic E-state index is 0.0769. The smallest absolute Gasteiger partial charge is 0.407 e.